The van der Waals surface area contributed by atoms with Crippen molar-refractivity contribution < 1.29 is 4.79 Å². The average Bonchev–Trinajstić information content (AvgIpc) is 3.39. The van der Waals surface area contributed by atoms with Crippen LogP contribution >= 0.6 is 22.7 Å². The van der Waals surface area contributed by atoms with Gasteiger partial charge in [-0.25, -0.2) is 14.5 Å². The lowest BCUT2D eigenvalue weighted by Crippen LogP contribution is -2.27. The first-order valence-corrected chi connectivity index (χ1v) is 10.2. The SMILES string of the molecule is Cc1nc(-c2ccsc2)sc1C(=O)NCCCn1nc2ccccn2c1=O. The molecule has 0 radical (unpaired) electrons. The van der Waals surface area contributed by atoms with Crippen molar-refractivity contribution in [1.29, 1.82) is 0 Å². The maximum atomic E-state index is 12.4. The summed E-state index contributed by atoms with van der Waals surface area (Å²) in [5, 5.41) is 12.1. The van der Waals surface area contributed by atoms with Crippen LogP contribution in [0.5, 0.6) is 0 Å². The van der Waals surface area contributed by atoms with Crippen molar-refractivity contribution >= 4 is 34.2 Å². The minimum Gasteiger partial charge on any atom is -0.351 e. The predicted molar refractivity (Wildman–Crippen MR) is 107 cm³/mol. The van der Waals surface area contributed by atoms with E-state index >= 15 is 0 Å². The van der Waals surface area contributed by atoms with Gasteiger partial charge in [0.15, 0.2) is 5.65 Å². The van der Waals surface area contributed by atoms with Crippen molar-refractivity contribution in [2.75, 3.05) is 6.54 Å². The number of fused-ring (bicyclic) bond motifs is 1. The number of pyridine rings is 1. The number of thiazole rings is 1. The van der Waals surface area contributed by atoms with Crippen molar-refractivity contribution in [1.82, 2.24) is 24.5 Å². The Labute approximate surface area is 162 Å². The summed E-state index contributed by atoms with van der Waals surface area (Å²) in [6.45, 7) is 2.75. The number of aryl methyl sites for hydroxylation is 2. The van der Waals surface area contributed by atoms with E-state index in [-0.39, 0.29) is 11.6 Å². The summed E-state index contributed by atoms with van der Waals surface area (Å²) in [7, 11) is 0. The maximum Gasteiger partial charge on any atom is 0.350 e. The summed E-state index contributed by atoms with van der Waals surface area (Å²) < 4.78 is 2.93. The summed E-state index contributed by atoms with van der Waals surface area (Å²) in [6, 6.07) is 7.42. The van der Waals surface area contributed by atoms with Crippen molar-refractivity contribution in [3.8, 4) is 10.6 Å². The molecule has 0 atom stereocenters. The maximum absolute atomic E-state index is 12.4. The highest BCUT2D eigenvalue weighted by atomic mass is 32.1. The summed E-state index contributed by atoms with van der Waals surface area (Å²) in [6.07, 6.45) is 2.31. The Kier molecular flexibility index (Phi) is 4.87. The van der Waals surface area contributed by atoms with Crippen LogP contribution in [0.3, 0.4) is 0 Å². The molecule has 0 bridgehead atoms. The largest absolute Gasteiger partial charge is 0.351 e. The van der Waals surface area contributed by atoms with Gasteiger partial charge < -0.3 is 5.32 Å². The van der Waals surface area contributed by atoms with E-state index in [1.807, 2.05) is 29.8 Å². The van der Waals surface area contributed by atoms with E-state index in [0.717, 1.165) is 16.3 Å². The molecule has 27 heavy (non-hydrogen) atoms. The Bertz CT molecular complexity index is 1140. The number of amides is 1. The van der Waals surface area contributed by atoms with E-state index < -0.39 is 0 Å². The first kappa shape index (κ1) is 17.6. The molecular formula is C18H17N5O2S2. The summed E-state index contributed by atoms with van der Waals surface area (Å²) >= 11 is 3.00. The fraction of sp³-hybridized carbons (Fsp3) is 0.222. The second-order valence-electron chi connectivity index (χ2n) is 5.99. The normalized spacial score (nSPS) is 11.1. The lowest BCUT2D eigenvalue weighted by atomic mass is 10.3. The lowest BCUT2D eigenvalue weighted by molar-refractivity contribution is 0.0956. The Balaban J connectivity index is 1.36. The number of carbonyl (C=O) groups is 1. The molecule has 0 aliphatic heterocycles. The number of nitrogens with one attached hydrogen (secondary N) is 1. The standard InChI is InChI=1S/C18H17N5O2S2/c1-12-15(27-17(20-12)13-6-10-26-11-13)16(24)19-7-4-9-23-18(25)22-8-3-2-5-14(22)21-23/h2-3,5-6,8,10-11H,4,7,9H2,1H3,(H,19,24). The van der Waals surface area contributed by atoms with Crippen LogP contribution in [0.1, 0.15) is 21.8 Å². The Morgan fingerprint density at radius 1 is 1.30 bits per heavy atom. The number of aromatic nitrogens is 4. The van der Waals surface area contributed by atoms with E-state index in [9.17, 15) is 9.59 Å². The molecule has 4 rings (SSSR count). The summed E-state index contributed by atoms with van der Waals surface area (Å²) in [5.74, 6) is -0.131. The highest BCUT2D eigenvalue weighted by molar-refractivity contribution is 7.17. The van der Waals surface area contributed by atoms with Crippen LogP contribution in [0.15, 0.2) is 46.0 Å². The molecule has 0 spiro atoms. The van der Waals surface area contributed by atoms with E-state index in [1.165, 1.54) is 20.4 Å². The third-order valence-corrected chi connectivity index (χ3v) is 5.98. The molecule has 0 saturated carbocycles. The molecule has 1 amide bonds. The minimum absolute atomic E-state index is 0.131. The number of nitrogens with zero attached hydrogens (tertiary/aromatic N) is 4. The van der Waals surface area contributed by atoms with Crippen LogP contribution in [0.2, 0.25) is 0 Å². The minimum atomic E-state index is -0.171. The summed E-state index contributed by atoms with van der Waals surface area (Å²) in [4.78, 5) is 29.8. The molecule has 1 N–H and O–H groups in total. The van der Waals surface area contributed by atoms with Crippen LogP contribution in [0.25, 0.3) is 16.2 Å². The molecule has 138 valence electrons. The van der Waals surface area contributed by atoms with Gasteiger partial charge in [-0.15, -0.1) is 16.4 Å². The molecule has 0 fully saturated rings. The van der Waals surface area contributed by atoms with Gasteiger partial charge in [0.2, 0.25) is 0 Å². The monoisotopic (exact) mass is 399 g/mol. The van der Waals surface area contributed by atoms with Crippen LogP contribution in [0, 0.1) is 6.92 Å². The van der Waals surface area contributed by atoms with Crippen molar-refractivity contribution in [2.24, 2.45) is 0 Å². The fourth-order valence-electron chi connectivity index (χ4n) is 2.74. The predicted octanol–water partition coefficient (Wildman–Crippen LogP) is 2.81. The lowest BCUT2D eigenvalue weighted by Gasteiger charge is -2.03. The van der Waals surface area contributed by atoms with Gasteiger partial charge in [0.1, 0.15) is 9.88 Å². The number of hydrogen-bond donors (Lipinski definition) is 1. The zero-order valence-corrected chi connectivity index (χ0v) is 16.2. The summed E-state index contributed by atoms with van der Waals surface area (Å²) in [5.41, 5.74) is 2.22. The first-order chi connectivity index (χ1) is 13.1. The average molecular weight is 400 g/mol. The fourth-order valence-corrected chi connectivity index (χ4v) is 4.44. The van der Waals surface area contributed by atoms with Crippen LogP contribution in [-0.4, -0.2) is 31.6 Å². The highest BCUT2D eigenvalue weighted by Gasteiger charge is 2.16. The number of carbonyl (C=O) groups excluding carboxylic acids is 1. The molecule has 0 saturated heterocycles. The number of hydrogen-bond acceptors (Lipinski definition) is 6. The smallest absolute Gasteiger partial charge is 0.350 e. The molecule has 9 heteroatoms. The van der Waals surface area contributed by atoms with Crippen LogP contribution in [-0.2, 0) is 6.54 Å². The first-order valence-electron chi connectivity index (χ1n) is 8.46. The molecular weight excluding hydrogens is 382 g/mol. The van der Waals surface area contributed by atoms with Gasteiger partial charge in [0.05, 0.1) is 5.69 Å². The van der Waals surface area contributed by atoms with Gasteiger partial charge in [0.25, 0.3) is 5.91 Å². The van der Waals surface area contributed by atoms with Gasteiger partial charge in [-0.3, -0.25) is 9.20 Å². The molecule has 0 aliphatic rings. The van der Waals surface area contributed by atoms with Gasteiger partial charge >= 0.3 is 5.69 Å². The van der Waals surface area contributed by atoms with Crippen LogP contribution in [0.4, 0.5) is 0 Å². The second-order valence-corrected chi connectivity index (χ2v) is 7.77. The molecule has 4 aromatic heterocycles. The van der Waals surface area contributed by atoms with Crippen LogP contribution < -0.4 is 11.0 Å². The van der Waals surface area contributed by atoms with E-state index in [4.69, 9.17) is 0 Å². The Morgan fingerprint density at radius 2 is 2.19 bits per heavy atom. The van der Waals surface area contributed by atoms with Gasteiger partial charge in [-0.2, -0.15) is 11.3 Å². The third-order valence-electron chi connectivity index (χ3n) is 4.09. The highest BCUT2D eigenvalue weighted by Crippen LogP contribution is 2.29. The molecule has 4 heterocycles. The molecule has 4 aromatic rings. The zero-order valence-electron chi connectivity index (χ0n) is 14.6. The molecule has 0 aliphatic carbocycles. The van der Waals surface area contributed by atoms with Gasteiger partial charge in [-0.05, 0) is 36.9 Å². The van der Waals surface area contributed by atoms with E-state index in [1.54, 1.807) is 29.7 Å². The zero-order chi connectivity index (χ0) is 18.8. The van der Waals surface area contributed by atoms with E-state index in [2.05, 4.69) is 15.4 Å². The Morgan fingerprint density at radius 3 is 2.96 bits per heavy atom. The van der Waals surface area contributed by atoms with Crippen molar-refractivity contribution in [3.63, 3.8) is 0 Å². The topological polar surface area (TPSA) is 81.3 Å². The van der Waals surface area contributed by atoms with Gasteiger partial charge in [0, 0.05) is 30.2 Å². The van der Waals surface area contributed by atoms with Gasteiger partial charge in [-0.1, -0.05) is 6.07 Å². The number of thiophene rings is 1. The van der Waals surface area contributed by atoms with E-state index in [0.29, 0.717) is 30.0 Å². The van der Waals surface area contributed by atoms with Crippen molar-refractivity contribution in [2.45, 2.75) is 19.9 Å². The molecule has 7 nitrogen and oxygen atoms in total. The molecule has 0 unspecified atom stereocenters. The molecule has 0 aromatic carbocycles. The van der Waals surface area contributed by atoms with Crippen molar-refractivity contribution in [3.05, 3.63) is 62.3 Å². The third kappa shape index (κ3) is 3.56. The number of rotatable bonds is 6. The Hall–Kier alpha value is -2.78. The quantitative estimate of drug-likeness (QED) is 0.506. The second kappa shape index (κ2) is 7.45.